The van der Waals surface area contributed by atoms with E-state index < -0.39 is 11.6 Å². The van der Waals surface area contributed by atoms with Crippen molar-refractivity contribution in [2.75, 3.05) is 6.61 Å². The molecule has 3 nitrogen and oxygen atoms in total. The predicted octanol–water partition coefficient (Wildman–Crippen LogP) is 0.0744. The zero-order chi connectivity index (χ0) is 6.91. The van der Waals surface area contributed by atoms with Crippen LogP contribution in [0.25, 0.3) is 0 Å². The molecule has 0 aliphatic carbocycles. The van der Waals surface area contributed by atoms with E-state index in [9.17, 15) is 9.90 Å². The summed E-state index contributed by atoms with van der Waals surface area (Å²) in [5.74, 6) is -0.468. The quantitative estimate of drug-likeness (QED) is 0.511. The molecule has 1 heterocycles. The fraction of sp³-hybridized carbons (Fsp3) is 0.833. The third-order valence-corrected chi connectivity index (χ3v) is 1.71. The van der Waals surface area contributed by atoms with Gasteiger partial charge in [-0.25, -0.2) is 4.79 Å². The third kappa shape index (κ3) is 0.920. The summed E-state index contributed by atoms with van der Waals surface area (Å²) in [6.07, 6.45) is 0.897. The Morgan fingerprint density at radius 3 is 2.78 bits per heavy atom. The zero-order valence-electron chi connectivity index (χ0n) is 5.39. The van der Waals surface area contributed by atoms with Crippen molar-refractivity contribution in [3.05, 3.63) is 0 Å². The first-order chi connectivity index (χ1) is 4.19. The molecule has 3 heteroatoms. The lowest BCUT2D eigenvalue weighted by molar-refractivity contribution is -0.153. The van der Waals surface area contributed by atoms with Gasteiger partial charge in [-0.15, -0.1) is 0 Å². The molecule has 0 bridgehead atoms. The number of hydrogen-bond acceptors (Lipinski definition) is 3. The van der Waals surface area contributed by atoms with Crippen molar-refractivity contribution in [1.29, 1.82) is 0 Å². The number of hydrogen-bond donors (Lipinski definition) is 1. The summed E-state index contributed by atoms with van der Waals surface area (Å²) in [6.45, 7) is 2.13. The van der Waals surface area contributed by atoms with Gasteiger partial charge in [0.25, 0.3) is 0 Å². The summed E-state index contributed by atoms with van der Waals surface area (Å²) in [5, 5.41) is 9.29. The van der Waals surface area contributed by atoms with Crippen LogP contribution in [0, 0.1) is 0 Å². The predicted molar refractivity (Wildman–Crippen MR) is 30.8 cm³/mol. The fourth-order valence-electron chi connectivity index (χ4n) is 0.870. The maximum atomic E-state index is 10.7. The molecule has 1 fully saturated rings. The summed E-state index contributed by atoms with van der Waals surface area (Å²) in [5.41, 5.74) is -1.17. The Morgan fingerprint density at radius 1 is 1.89 bits per heavy atom. The van der Waals surface area contributed by atoms with Crippen LogP contribution in [0.3, 0.4) is 0 Å². The minimum atomic E-state index is -1.17. The highest BCUT2D eigenvalue weighted by Crippen LogP contribution is 2.22. The van der Waals surface area contributed by atoms with Crippen LogP contribution in [0.2, 0.25) is 0 Å². The molecule has 1 N–H and O–H groups in total. The molecule has 9 heavy (non-hydrogen) atoms. The zero-order valence-corrected chi connectivity index (χ0v) is 5.39. The maximum Gasteiger partial charge on any atom is 0.338 e. The van der Waals surface area contributed by atoms with Gasteiger partial charge in [-0.2, -0.15) is 0 Å². The number of carbonyl (C=O) groups excluding carboxylic acids is 1. The molecule has 0 aromatic carbocycles. The molecule has 1 atom stereocenters. The van der Waals surface area contributed by atoms with Crippen LogP contribution in [0.5, 0.6) is 0 Å². The van der Waals surface area contributed by atoms with Gasteiger partial charge >= 0.3 is 5.97 Å². The minimum Gasteiger partial charge on any atom is -0.463 e. The maximum absolute atomic E-state index is 10.7. The molecule has 1 aliphatic heterocycles. The van der Waals surface area contributed by atoms with Crippen LogP contribution >= 0.6 is 0 Å². The molecule has 0 amide bonds. The number of carbonyl (C=O) groups is 1. The van der Waals surface area contributed by atoms with E-state index in [1.807, 2.05) is 0 Å². The molecule has 1 saturated heterocycles. The molecule has 0 radical (unpaired) electrons. The normalized spacial score (nSPS) is 34.7. The van der Waals surface area contributed by atoms with Gasteiger partial charge in [-0.3, -0.25) is 0 Å². The van der Waals surface area contributed by atoms with Crippen molar-refractivity contribution in [3.63, 3.8) is 0 Å². The summed E-state index contributed by atoms with van der Waals surface area (Å²) < 4.78 is 4.57. The first-order valence-corrected chi connectivity index (χ1v) is 3.08. The van der Waals surface area contributed by atoms with Crippen molar-refractivity contribution in [2.45, 2.75) is 25.4 Å². The van der Waals surface area contributed by atoms with E-state index in [2.05, 4.69) is 4.74 Å². The lowest BCUT2D eigenvalue weighted by Gasteiger charge is -2.12. The van der Waals surface area contributed by atoms with Crippen LogP contribution in [0.1, 0.15) is 19.8 Å². The molecule has 52 valence electrons. The molecule has 0 unspecified atom stereocenters. The summed E-state index contributed by atoms with van der Waals surface area (Å²) in [6, 6.07) is 0. The Labute approximate surface area is 53.6 Å². The summed E-state index contributed by atoms with van der Waals surface area (Å²) >= 11 is 0. The Kier molecular flexibility index (Phi) is 1.45. The van der Waals surface area contributed by atoms with Gasteiger partial charge in [0.2, 0.25) is 0 Å². The van der Waals surface area contributed by atoms with Gasteiger partial charge in [-0.05, 0) is 6.42 Å². The lowest BCUT2D eigenvalue weighted by Crippen LogP contribution is -2.32. The molecular formula is C6H10O3. The second-order valence-electron chi connectivity index (χ2n) is 2.27. The standard InChI is InChI=1S/C6H10O3/c1-2-6(8)3-4-9-5(6)7/h8H,2-4H2,1H3/t6-/m0/s1. The van der Waals surface area contributed by atoms with Crippen LogP contribution < -0.4 is 0 Å². The molecule has 0 saturated carbocycles. The Hall–Kier alpha value is -0.570. The Morgan fingerprint density at radius 2 is 2.56 bits per heavy atom. The van der Waals surface area contributed by atoms with Crippen molar-refractivity contribution in [2.24, 2.45) is 0 Å². The van der Waals surface area contributed by atoms with Gasteiger partial charge < -0.3 is 9.84 Å². The van der Waals surface area contributed by atoms with E-state index in [0.717, 1.165) is 0 Å². The van der Waals surface area contributed by atoms with Crippen molar-refractivity contribution in [3.8, 4) is 0 Å². The number of cyclic esters (lactones) is 1. The first kappa shape index (κ1) is 6.55. The summed E-state index contributed by atoms with van der Waals surface area (Å²) in [4.78, 5) is 10.7. The number of ether oxygens (including phenoxy) is 1. The molecular weight excluding hydrogens is 120 g/mol. The van der Waals surface area contributed by atoms with E-state index in [1.54, 1.807) is 6.92 Å². The van der Waals surface area contributed by atoms with Crippen molar-refractivity contribution >= 4 is 5.97 Å². The van der Waals surface area contributed by atoms with Crippen LogP contribution in [-0.2, 0) is 9.53 Å². The topological polar surface area (TPSA) is 46.5 Å². The second kappa shape index (κ2) is 1.99. The fourth-order valence-corrected chi connectivity index (χ4v) is 0.870. The van der Waals surface area contributed by atoms with E-state index >= 15 is 0 Å². The summed E-state index contributed by atoms with van der Waals surface area (Å²) in [7, 11) is 0. The van der Waals surface area contributed by atoms with Crippen LogP contribution in [0.15, 0.2) is 0 Å². The van der Waals surface area contributed by atoms with Crippen molar-refractivity contribution in [1.82, 2.24) is 0 Å². The number of esters is 1. The molecule has 0 aromatic rings. The first-order valence-electron chi connectivity index (χ1n) is 3.08. The Bertz CT molecular complexity index is 132. The van der Waals surface area contributed by atoms with Gasteiger partial charge in [0, 0.05) is 6.42 Å². The van der Waals surface area contributed by atoms with Gasteiger partial charge in [0.15, 0.2) is 5.60 Å². The Balaban J connectivity index is 2.67. The van der Waals surface area contributed by atoms with Gasteiger partial charge in [-0.1, -0.05) is 6.92 Å². The highest BCUT2D eigenvalue weighted by Gasteiger charge is 2.40. The molecule has 1 rings (SSSR count). The average Bonchev–Trinajstić information content (AvgIpc) is 2.15. The van der Waals surface area contributed by atoms with E-state index in [-0.39, 0.29) is 0 Å². The average molecular weight is 130 g/mol. The smallest absolute Gasteiger partial charge is 0.338 e. The van der Waals surface area contributed by atoms with Crippen LogP contribution in [-0.4, -0.2) is 23.3 Å². The van der Waals surface area contributed by atoms with Crippen LogP contribution in [0.4, 0.5) is 0 Å². The SMILES string of the molecule is CC[C@]1(O)CCOC1=O. The number of rotatable bonds is 1. The van der Waals surface area contributed by atoms with E-state index in [4.69, 9.17) is 0 Å². The van der Waals surface area contributed by atoms with Crippen molar-refractivity contribution < 1.29 is 14.6 Å². The van der Waals surface area contributed by atoms with E-state index in [0.29, 0.717) is 19.4 Å². The van der Waals surface area contributed by atoms with Gasteiger partial charge in [0.05, 0.1) is 6.61 Å². The lowest BCUT2D eigenvalue weighted by atomic mass is 10.00. The second-order valence-corrected chi connectivity index (χ2v) is 2.27. The number of aliphatic hydroxyl groups is 1. The van der Waals surface area contributed by atoms with E-state index in [1.165, 1.54) is 0 Å². The molecule has 0 aromatic heterocycles. The highest BCUT2D eigenvalue weighted by molar-refractivity contribution is 5.80. The monoisotopic (exact) mass is 130 g/mol. The molecule has 0 spiro atoms. The molecule has 1 aliphatic rings. The highest BCUT2D eigenvalue weighted by atomic mass is 16.6. The third-order valence-electron chi connectivity index (χ3n) is 1.71. The largest absolute Gasteiger partial charge is 0.463 e. The van der Waals surface area contributed by atoms with Gasteiger partial charge in [0.1, 0.15) is 0 Å². The minimum absolute atomic E-state index is 0.364.